The minimum absolute atomic E-state index is 0.160. The molecule has 0 aromatic carbocycles. The Labute approximate surface area is 81.3 Å². The van der Waals surface area contributed by atoms with Gasteiger partial charge in [0.2, 0.25) is 0 Å². The van der Waals surface area contributed by atoms with Gasteiger partial charge >= 0.3 is 6.03 Å². The van der Waals surface area contributed by atoms with Gasteiger partial charge in [0.05, 0.1) is 25.5 Å². The molecule has 2 N–H and O–H groups in total. The van der Waals surface area contributed by atoms with Crippen molar-refractivity contribution in [2.45, 2.75) is 12.6 Å². The molecule has 1 atom stereocenters. The number of hydrogen-bond acceptors (Lipinski definition) is 3. The van der Waals surface area contributed by atoms with E-state index >= 15 is 0 Å². The van der Waals surface area contributed by atoms with E-state index in [2.05, 4.69) is 5.32 Å². The summed E-state index contributed by atoms with van der Waals surface area (Å²) < 4.78 is 5.12. The van der Waals surface area contributed by atoms with E-state index in [1.54, 1.807) is 18.4 Å². The molecule has 1 fully saturated rings. The molecule has 76 valence electrons. The Kier molecular flexibility index (Phi) is 2.41. The Morgan fingerprint density at radius 3 is 3.29 bits per heavy atom. The van der Waals surface area contributed by atoms with Crippen molar-refractivity contribution in [3.63, 3.8) is 0 Å². The van der Waals surface area contributed by atoms with Crippen molar-refractivity contribution in [3.05, 3.63) is 24.2 Å². The summed E-state index contributed by atoms with van der Waals surface area (Å²) in [6.07, 6.45) is 1.07. The van der Waals surface area contributed by atoms with Gasteiger partial charge in [-0.15, -0.1) is 0 Å². The highest BCUT2D eigenvalue weighted by molar-refractivity contribution is 5.75. The van der Waals surface area contributed by atoms with Crippen LogP contribution in [0, 0.1) is 0 Å². The molecule has 2 amide bonds. The highest BCUT2D eigenvalue weighted by Gasteiger charge is 2.23. The number of hydrogen-bond donors (Lipinski definition) is 2. The molecule has 5 nitrogen and oxygen atoms in total. The van der Waals surface area contributed by atoms with Gasteiger partial charge in [-0.3, -0.25) is 0 Å². The molecule has 1 unspecified atom stereocenters. The van der Waals surface area contributed by atoms with E-state index in [1.165, 1.54) is 4.90 Å². The van der Waals surface area contributed by atoms with Crippen LogP contribution < -0.4 is 5.32 Å². The first-order valence-electron chi connectivity index (χ1n) is 4.49. The molecule has 1 aromatic heterocycles. The number of β-amino-alcohol motifs (C(OH)–C–C–N with tert-alkyl or cyclic N) is 1. The van der Waals surface area contributed by atoms with Crippen molar-refractivity contribution in [2.24, 2.45) is 0 Å². The average Bonchev–Trinajstić information content (AvgIpc) is 2.64. The Morgan fingerprint density at radius 1 is 1.71 bits per heavy atom. The Morgan fingerprint density at radius 2 is 2.57 bits per heavy atom. The topological polar surface area (TPSA) is 65.7 Å². The van der Waals surface area contributed by atoms with Crippen LogP contribution in [0.3, 0.4) is 0 Å². The molecule has 14 heavy (non-hydrogen) atoms. The zero-order valence-corrected chi connectivity index (χ0v) is 7.64. The Balaban J connectivity index is 1.99. The summed E-state index contributed by atoms with van der Waals surface area (Å²) >= 11 is 0. The summed E-state index contributed by atoms with van der Waals surface area (Å²) in [6, 6.07) is 3.41. The van der Waals surface area contributed by atoms with E-state index in [0.717, 1.165) is 0 Å². The van der Waals surface area contributed by atoms with Crippen LogP contribution in [0.4, 0.5) is 4.79 Å². The zero-order valence-electron chi connectivity index (χ0n) is 7.64. The van der Waals surface area contributed by atoms with Gasteiger partial charge in [0, 0.05) is 6.54 Å². The fraction of sp³-hybridized carbons (Fsp3) is 0.444. The van der Waals surface area contributed by atoms with Gasteiger partial charge < -0.3 is 19.7 Å². The first kappa shape index (κ1) is 9.08. The molecule has 0 radical (unpaired) electrons. The van der Waals surface area contributed by atoms with Crippen molar-refractivity contribution in [1.82, 2.24) is 10.2 Å². The summed E-state index contributed by atoms with van der Waals surface area (Å²) in [5, 5.41) is 11.9. The fourth-order valence-electron chi connectivity index (χ4n) is 1.45. The number of furan rings is 1. The summed E-state index contributed by atoms with van der Waals surface area (Å²) in [7, 11) is 0. The van der Waals surface area contributed by atoms with Gasteiger partial charge in [0.15, 0.2) is 0 Å². The summed E-state index contributed by atoms with van der Waals surface area (Å²) in [6.45, 7) is 1.08. The van der Waals surface area contributed by atoms with Crippen molar-refractivity contribution >= 4 is 6.03 Å². The van der Waals surface area contributed by atoms with Crippen LogP contribution in [0.1, 0.15) is 5.76 Å². The third-order valence-electron chi connectivity index (χ3n) is 2.13. The number of nitrogens with one attached hydrogen (secondary N) is 1. The van der Waals surface area contributed by atoms with Gasteiger partial charge in [0.25, 0.3) is 0 Å². The van der Waals surface area contributed by atoms with Gasteiger partial charge in [-0.25, -0.2) is 4.79 Å². The van der Waals surface area contributed by atoms with Gasteiger partial charge in [-0.1, -0.05) is 0 Å². The third kappa shape index (κ3) is 1.88. The van der Waals surface area contributed by atoms with Crippen LogP contribution >= 0.6 is 0 Å². The number of carbonyl (C=O) groups excluding carboxylic acids is 1. The maximum absolute atomic E-state index is 11.3. The molecule has 1 saturated heterocycles. The van der Waals surface area contributed by atoms with Crippen LogP contribution in [0.5, 0.6) is 0 Å². The number of nitrogens with zero attached hydrogens (tertiary/aromatic N) is 1. The second-order valence-corrected chi connectivity index (χ2v) is 3.30. The summed E-state index contributed by atoms with van der Waals surface area (Å²) in [4.78, 5) is 12.8. The molecule has 0 bridgehead atoms. The van der Waals surface area contributed by atoms with E-state index in [0.29, 0.717) is 25.4 Å². The SMILES string of the molecule is O=C1NCC(O)CN1Cc1ccco1. The van der Waals surface area contributed by atoms with E-state index in [1.807, 2.05) is 0 Å². The Hall–Kier alpha value is -1.49. The van der Waals surface area contributed by atoms with Crippen LogP contribution in [-0.4, -0.2) is 35.2 Å². The van der Waals surface area contributed by atoms with E-state index in [-0.39, 0.29) is 6.03 Å². The number of amides is 2. The first-order chi connectivity index (χ1) is 6.75. The van der Waals surface area contributed by atoms with Crippen LogP contribution in [0.25, 0.3) is 0 Å². The lowest BCUT2D eigenvalue weighted by molar-refractivity contribution is 0.0905. The van der Waals surface area contributed by atoms with Gasteiger partial charge in [-0.2, -0.15) is 0 Å². The molecule has 5 heteroatoms. The number of rotatable bonds is 2. The molecule has 1 aliphatic rings. The first-order valence-corrected chi connectivity index (χ1v) is 4.49. The lowest BCUT2D eigenvalue weighted by Gasteiger charge is -2.29. The second kappa shape index (κ2) is 3.71. The standard InChI is InChI=1S/C9H12N2O3/c12-7-4-10-9(13)11(5-7)6-8-2-1-3-14-8/h1-3,7,12H,4-6H2,(H,10,13). The van der Waals surface area contributed by atoms with Crippen molar-refractivity contribution in [3.8, 4) is 0 Å². The third-order valence-corrected chi connectivity index (χ3v) is 2.13. The second-order valence-electron chi connectivity index (χ2n) is 3.30. The quantitative estimate of drug-likeness (QED) is 0.708. The van der Waals surface area contributed by atoms with Crippen molar-refractivity contribution in [2.75, 3.05) is 13.1 Å². The van der Waals surface area contributed by atoms with Crippen LogP contribution in [0.15, 0.2) is 22.8 Å². The van der Waals surface area contributed by atoms with Crippen LogP contribution in [-0.2, 0) is 6.54 Å². The molecule has 0 aliphatic carbocycles. The molecule has 2 rings (SSSR count). The van der Waals surface area contributed by atoms with E-state index < -0.39 is 6.10 Å². The molecule has 1 aromatic rings. The normalized spacial score (nSPS) is 22.2. The highest BCUT2D eigenvalue weighted by atomic mass is 16.3. The smallest absolute Gasteiger partial charge is 0.317 e. The summed E-state index contributed by atoms with van der Waals surface area (Å²) in [5.74, 6) is 0.717. The Bertz CT molecular complexity index is 310. The average molecular weight is 196 g/mol. The molecular formula is C9H12N2O3. The van der Waals surface area contributed by atoms with Crippen LogP contribution in [0.2, 0.25) is 0 Å². The molecule has 0 spiro atoms. The van der Waals surface area contributed by atoms with E-state index in [4.69, 9.17) is 4.42 Å². The summed E-state index contributed by atoms with van der Waals surface area (Å²) in [5.41, 5.74) is 0. The van der Waals surface area contributed by atoms with Crippen molar-refractivity contribution in [1.29, 1.82) is 0 Å². The maximum Gasteiger partial charge on any atom is 0.317 e. The molecule has 2 heterocycles. The lowest BCUT2D eigenvalue weighted by Crippen LogP contribution is -2.52. The minimum atomic E-state index is -0.498. The van der Waals surface area contributed by atoms with Crippen molar-refractivity contribution < 1.29 is 14.3 Å². The maximum atomic E-state index is 11.3. The predicted molar refractivity (Wildman–Crippen MR) is 48.5 cm³/mol. The largest absolute Gasteiger partial charge is 0.467 e. The monoisotopic (exact) mass is 196 g/mol. The van der Waals surface area contributed by atoms with Gasteiger partial charge in [-0.05, 0) is 12.1 Å². The molecular weight excluding hydrogens is 184 g/mol. The lowest BCUT2D eigenvalue weighted by atomic mass is 10.2. The predicted octanol–water partition coefficient (Wildman–Crippen LogP) is 0.166. The van der Waals surface area contributed by atoms with E-state index in [9.17, 15) is 9.90 Å². The number of urea groups is 1. The molecule has 0 saturated carbocycles. The zero-order chi connectivity index (χ0) is 9.97. The van der Waals surface area contributed by atoms with Gasteiger partial charge in [0.1, 0.15) is 5.76 Å². The number of aliphatic hydroxyl groups is 1. The number of carbonyl (C=O) groups is 1. The number of aliphatic hydroxyl groups excluding tert-OH is 1. The molecule has 1 aliphatic heterocycles. The highest BCUT2D eigenvalue weighted by Crippen LogP contribution is 2.08. The fourth-order valence-corrected chi connectivity index (χ4v) is 1.45. The minimum Gasteiger partial charge on any atom is -0.467 e.